The van der Waals surface area contributed by atoms with Crippen LogP contribution in [-0.2, 0) is 21.4 Å². The molecule has 1 heterocycles. The molecule has 1 atom stereocenters. The SMILES string of the molecule is CCCCCCCCN1C(=O)C(C=Nc2ccc3c(c2)Cc2ccccc2C3(C)C)C(=O)N(CCCC)C1=O. The van der Waals surface area contributed by atoms with Gasteiger partial charge in [-0.05, 0) is 53.6 Å². The maximum Gasteiger partial charge on any atom is 0.333 e. The van der Waals surface area contributed by atoms with Crippen molar-refractivity contribution in [2.45, 2.75) is 90.9 Å². The quantitative estimate of drug-likeness (QED) is 0.166. The van der Waals surface area contributed by atoms with Crippen LogP contribution in [0.5, 0.6) is 0 Å². The van der Waals surface area contributed by atoms with E-state index in [1.165, 1.54) is 57.5 Å². The van der Waals surface area contributed by atoms with Gasteiger partial charge in [-0.3, -0.25) is 24.4 Å². The van der Waals surface area contributed by atoms with Crippen LogP contribution in [0.3, 0.4) is 0 Å². The highest BCUT2D eigenvalue weighted by molar-refractivity contribution is 6.23. The number of hydrogen-bond donors (Lipinski definition) is 0. The van der Waals surface area contributed by atoms with Gasteiger partial charge in [0.15, 0.2) is 5.92 Å². The number of unbranched alkanes of at least 4 members (excludes halogenated alkanes) is 6. The largest absolute Gasteiger partial charge is 0.333 e. The number of aliphatic imine (C=N–C) groups is 1. The van der Waals surface area contributed by atoms with Crippen LogP contribution in [0.15, 0.2) is 47.5 Å². The molecule has 1 saturated heterocycles. The summed E-state index contributed by atoms with van der Waals surface area (Å²) in [6, 6.07) is 14.2. The summed E-state index contributed by atoms with van der Waals surface area (Å²) in [6.07, 6.45) is 10.2. The van der Waals surface area contributed by atoms with Gasteiger partial charge in [0.1, 0.15) is 0 Å². The highest BCUT2D eigenvalue weighted by Crippen LogP contribution is 2.42. The van der Waals surface area contributed by atoms with Crippen LogP contribution in [0.2, 0.25) is 0 Å². The van der Waals surface area contributed by atoms with E-state index in [0.717, 1.165) is 32.1 Å². The first-order valence-electron chi connectivity index (χ1n) is 14.7. The normalized spacial score (nSPS) is 18.6. The number of rotatable bonds is 12. The summed E-state index contributed by atoms with van der Waals surface area (Å²) in [5.41, 5.74) is 5.73. The molecule has 0 spiro atoms. The summed E-state index contributed by atoms with van der Waals surface area (Å²) in [4.78, 5) is 46.9. The first kappa shape index (κ1) is 28.7. The predicted octanol–water partition coefficient (Wildman–Crippen LogP) is 7.19. The molecule has 2 aromatic carbocycles. The summed E-state index contributed by atoms with van der Waals surface area (Å²) >= 11 is 0. The van der Waals surface area contributed by atoms with E-state index in [1.54, 1.807) is 0 Å². The van der Waals surface area contributed by atoms with Crippen molar-refractivity contribution in [3.8, 4) is 0 Å². The minimum atomic E-state index is -1.08. The van der Waals surface area contributed by atoms with E-state index >= 15 is 0 Å². The Balaban J connectivity index is 1.53. The van der Waals surface area contributed by atoms with E-state index < -0.39 is 23.8 Å². The number of carbonyl (C=O) groups is 3. The molecule has 0 radical (unpaired) electrons. The number of urea groups is 1. The molecular weight excluding hydrogens is 486 g/mol. The van der Waals surface area contributed by atoms with Crippen LogP contribution in [-0.4, -0.2) is 46.9 Å². The Hall–Kier alpha value is -3.28. The number of nitrogens with zero attached hydrogens (tertiary/aromatic N) is 3. The van der Waals surface area contributed by atoms with Crippen LogP contribution < -0.4 is 0 Å². The molecule has 1 unspecified atom stereocenters. The van der Waals surface area contributed by atoms with Gasteiger partial charge < -0.3 is 0 Å². The van der Waals surface area contributed by atoms with Crippen molar-refractivity contribution in [1.82, 2.24) is 9.80 Å². The first-order valence-corrected chi connectivity index (χ1v) is 14.7. The first-order chi connectivity index (χ1) is 18.8. The number of fused-ring (bicyclic) bond motifs is 2. The zero-order valence-electron chi connectivity index (χ0n) is 24.0. The number of carbonyl (C=O) groups excluding carboxylic acids is 3. The second kappa shape index (κ2) is 12.7. The lowest BCUT2D eigenvalue weighted by Gasteiger charge is -2.36. The fourth-order valence-corrected chi connectivity index (χ4v) is 5.89. The number of hydrogen-bond acceptors (Lipinski definition) is 4. The third-order valence-electron chi connectivity index (χ3n) is 8.20. The van der Waals surface area contributed by atoms with Gasteiger partial charge in [0.2, 0.25) is 11.8 Å². The molecule has 2 aromatic rings. The zero-order chi connectivity index (χ0) is 28.0. The predicted molar refractivity (Wildman–Crippen MR) is 157 cm³/mol. The highest BCUT2D eigenvalue weighted by atomic mass is 16.2. The van der Waals surface area contributed by atoms with Gasteiger partial charge in [0, 0.05) is 24.7 Å². The Morgan fingerprint density at radius 1 is 0.795 bits per heavy atom. The standard InChI is InChI=1S/C33H43N3O3/c1-5-7-9-10-11-14-20-36-31(38)27(30(37)35(32(36)39)19-8-6-2)23-34-26-17-18-29-25(22-26)21-24-15-12-13-16-28(24)33(29,3)4/h12-13,15-18,22-23,27H,5-11,14,19-21H2,1-4H3. The molecule has 4 amide bonds. The maximum absolute atomic E-state index is 13.4. The molecule has 0 bridgehead atoms. The lowest BCUT2D eigenvalue weighted by molar-refractivity contribution is -0.145. The summed E-state index contributed by atoms with van der Waals surface area (Å²) < 4.78 is 0. The number of amides is 4. The molecule has 1 aliphatic carbocycles. The molecule has 6 heteroatoms. The number of benzene rings is 2. The van der Waals surface area contributed by atoms with E-state index in [2.05, 4.69) is 62.2 Å². The van der Waals surface area contributed by atoms with Crippen molar-refractivity contribution in [2.75, 3.05) is 13.1 Å². The summed E-state index contributed by atoms with van der Waals surface area (Å²) in [6.45, 7) is 9.35. The number of imide groups is 2. The van der Waals surface area contributed by atoms with E-state index in [1.807, 2.05) is 13.0 Å². The second-order valence-electron chi connectivity index (χ2n) is 11.4. The van der Waals surface area contributed by atoms with Crippen LogP contribution in [0, 0.1) is 5.92 Å². The average molecular weight is 530 g/mol. The molecule has 39 heavy (non-hydrogen) atoms. The van der Waals surface area contributed by atoms with Gasteiger partial charge in [-0.2, -0.15) is 0 Å². The van der Waals surface area contributed by atoms with Gasteiger partial charge in [0.05, 0.1) is 5.69 Å². The third-order valence-corrected chi connectivity index (χ3v) is 8.20. The molecular formula is C33H43N3O3. The van der Waals surface area contributed by atoms with E-state index in [9.17, 15) is 14.4 Å². The Morgan fingerprint density at radius 2 is 1.41 bits per heavy atom. The molecule has 1 aliphatic heterocycles. The third kappa shape index (κ3) is 6.15. The maximum atomic E-state index is 13.4. The van der Waals surface area contributed by atoms with Crippen LogP contribution in [0.4, 0.5) is 10.5 Å². The highest BCUT2D eigenvalue weighted by Gasteiger charge is 2.44. The minimum Gasteiger partial charge on any atom is -0.273 e. The Bertz CT molecular complexity index is 1230. The summed E-state index contributed by atoms with van der Waals surface area (Å²) in [5.74, 6) is -2.00. The van der Waals surface area contributed by atoms with E-state index in [-0.39, 0.29) is 5.41 Å². The van der Waals surface area contributed by atoms with Crippen molar-refractivity contribution in [3.05, 3.63) is 64.7 Å². The van der Waals surface area contributed by atoms with Gasteiger partial charge in [-0.1, -0.05) is 96.6 Å². The molecule has 4 rings (SSSR count). The van der Waals surface area contributed by atoms with E-state index in [4.69, 9.17) is 0 Å². The van der Waals surface area contributed by atoms with Gasteiger partial charge in [0.25, 0.3) is 0 Å². The topological polar surface area (TPSA) is 70.1 Å². The molecule has 1 fully saturated rings. The van der Waals surface area contributed by atoms with Gasteiger partial charge in [-0.25, -0.2) is 4.79 Å². The Morgan fingerprint density at radius 3 is 2.13 bits per heavy atom. The van der Waals surface area contributed by atoms with Gasteiger partial charge in [-0.15, -0.1) is 0 Å². The molecule has 208 valence electrons. The van der Waals surface area contributed by atoms with Crippen molar-refractivity contribution in [2.24, 2.45) is 10.9 Å². The minimum absolute atomic E-state index is 0.112. The average Bonchev–Trinajstić information content (AvgIpc) is 2.92. The molecule has 2 aliphatic rings. The molecule has 6 nitrogen and oxygen atoms in total. The van der Waals surface area contributed by atoms with Crippen molar-refractivity contribution >= 4 is 29.7 Å². The lowest BCUT2D eigenvalue weighted by atomic mass is 9.69. The van der Waals surface area contributed by atoms with Crippen molar-refractivity contribution in [1.29, 1.82) is 0 Å². The lowest BCUT2D eigenvalue weighted by Crippen LogP contribution is -2.60. The number of barbiturate groups is 1. The van der Waals surface area contributed by atoms with Crippen molar-refractivity contribution < 1.29 is 14.4 Å². The second-order valence-corrected chi connectivity index (χ2v) is 11.4. The monoisotopic (exact) mass is 529 g/mol. The van der Waals surface area contributed by atoms with Crippen LogP contribution in [0.25, 0.3) is 0 Å². The molecule has 0 aromatic heterocycles. The summed E-state index contributed by atoms with van der Waals surface area (Å²) in [7, 11) is 0. The van der Waals surface area contributed by atoms with Crippen LogP contribution >= 0.6 is 0 Å². The fourth-order valence-electron chi connectivity index (χ4n) is 5.89. The molecule has 0 N–H and O–H groups in total. The smallest absolute Gasteiger partial charge is 0.273 e. The van der Waals surface area contributed by atoms with E-state index in [0.29, 0.717) is 25.2 Å². The van der Waals surface area contributed by atoms with Crippen molar-refractivity contribution in [3.63, 3.8) is 0 Å². The molecule has 0 saturated carbocycles. The Labute approximate surface area is 233 Å². The zero-order valence-corrected chi connectivity index (χ0v) is 24.0. The van der Waals surface area contributed by atoms with Crippen LogP contribution in [0.1, 0.15) is 101 Å². The fraction of sp³-hybridized carbons (Fsp3) is 0.515. The Kier molecular flexibility index (Phi) is 9.36. The summed E-state index contributed by atoms with van der Waals surface area (Å²) in [5, 5.41) is 0. The van der Waals surface area contributed by atoms with Gasteiger partial charge >= 0.3 is 6.03 Å².